The van der Waals surface area contributed by atoms with Gasteiger partial charge in [-0.1, -0.05) is 0 Å². The molecule has 5 nitrogen and oxygen atoms in total. The van der Waals surface area contributed by atoms with E-state index in [2.05, 4.69) is 8.60 Å². The summed E-state index contributed by atoms with van der Waals surface area (Å²) in [5.74, 6) is -1.15. The van der Waals surface area contributed by atoms with Gasteiger partial charge in [0.25, 0.3) is 0 Å². The van der Waals surface area contributed by atoms with Gasteiger partial charge in [0, 0.05) is 0 Å². The summed E-state index contributed by atoms with van der Waals surface area (Å²) in [5, 5.41) is 0. The van der Waals surface area contributed by atoms with Crippen molar-refractivity contribution in [3.63, 3.8) is 0 Å². The van der Waals surface area contributed by atoms with Crippen molar-refractivity contribution in [2.45, 2.75) is 0 Å². The Balaban J connectivity index is 0. The Morgan fingerprint density at radius 3 is 2.62 bits per heavy atom. The zero-order valence-corrected chi connectivity index (χ0v) is 10.00. The van der Waals surface area contributed by atoms with Crippen LogP contribution in [-0.4, -0.2) is 20.6 Å². The summed E-state index contributed by atoms with van der Waals surface area (Å²) in [6.45, 7) is 0. The molecule has 68 valence electrons. The van der Waals surface area contributed by atoms with E-state index < -0.39 is 16.1 Å². The normalized spacial score (nSPS) is 10.2. The SMILES string of the molecule is CS(=O)(=O)OC(=O)c1ccco1.[H-].[Na+]. The molecular formula is C6H7NaO5S. The molecule has 0 spiro atoms. The molecule has 1 heterocycles. The summed E-state index contributed by atoms with van der Waals surface area (Å²) in [7, 11) is -3.76. The van der Waals surface area contributed by atoms with Crippen LogP contribution in [0.15, 0.2) is 22.8 Å². The minimum atomic E-state index is -3.76. The molecule has 0 atom stereocenters. The van der Waals surface area contributed by atoms with Crippen molar-refractivity contribution < 1.29 is 52.8 Å². The van der Waals surface area contributed by atoms with Crippen molar-refractivity contribution in [1.29, 1.82) is 0 Å². The van der Waals surface area contributed by atoms with Gasteiger partial charge < -0.3 is 10.0 Å². The first kappa shape index (κ1) is 12.7. The molecule has 0 amide bonds. The third kappa shape index (κ3) is 4.47. The van der Waals surface area contributed by atoms with Crippen LogP contribution >= 0.6 is 0 Å². The minimum Gasteiger partial charge on any atom is -1.00 e. The number of carbonyl (C=O) groups excluding carboxylic acids is 1. The van der Waals surface area contributed by atoms with Gasteiger partial charge in [-0.05, 0) is 12.1 Å². The minimum absolute atomic E-state index is 0. The van der Waals surface area contributed by atoms with Gasteiger partial charge in [-0.2, -0.15) is 8.42 Å². The van der Waals surface area contributed by atoms with Gasteiger partial charge in [-0.15, -0.1) is 0 Å². The van der Waals surface area contributed by atoms with Gasteiger partial charge in [0.1, 0.15) is 0 Å². The molecule has 0 fully saturated rings. The number of carbonyl (C=O) groups is 1. The van der Waals surface area contributed by atoms with Crippen molar-refractivity contribution in [3.8, 4) is 0 Å². The zero-order chi connectivity index (χ0) is 9.19. The largest absolute Gasteiger partial charge is 1.00 e. The van der Waals surface area contributed by atoms with Crippen LogP contribution in [0.1, 0.15) is 12.0 Å². The van der Waals surface area contributed by atoms with Gasteiger partial charge in [-0.25, -0.2) is 4.79 Å². The quantitative estimate of drug-likeness (QED) is 0.402. The Kier molecular flexibility index (Phi) is 4.69. The molecule has 0 saturated carbocycles. The molecule has 1 aromatic heterocycles. The topological polar surface area (TPSA) is 73.6 Å². The summed E-state index contributed by atoms with van der Waals surface area (Å²) in [4.78, 5) is 10.8. The molecule has 0 bridgehead atoms. The molecule has 0 aromatic carbocycles. The summed E-state index contributed by atoms with van der Waals surface area (Å²) in [5.41, 5.74) is 0. The molecular weight excluding hydrogens is 207 g/mol. The average molecular weight is 214 g/mol. The van der Waals surface area contributed by atoms with Gasteiger partial charge in [0.05, 0.1) is 12.5 Å². The Morgan fingerprint density at radius 2 is 2.23 bits per heavy atom. The van der Waals surface area contributed by atoms with Crippen LogP contribution < -0.4 is 29.6 Å². The number of hydrogen-bond donors (Lipinski definition) is 0. The maximum absolute atomic E-state index is 10.8. The first-order valence-electron chi connectivity index (χ1n) is 2.96. The molecule has 0 radical (unpaired) electrons. The molecule has 0 aliphatic rings. The zero-order valence-electron chi connectivity index (χ0n) is 8.18. The molecule has 0 aliphatic carbocycles. The molecule has 13 heavy (non-hydrogen) atoms. The van der Waals surface area contributed by atoms with E-state index in [0.29, 0.717) is 0 Å². The van der Waals surface area contributed by atoms with E-state index >= 15 is 0 Å². The maximum Gasteiger partial charge on any atom is 1.00 e. The smallest absolute Gasteiger partial charge is 1.00 e. The number of furan rings is 1. The molecule has 0 aliphatic heterocycles. The van der Waals surface area contributed by atoms with E-state index in [9.17, 15) is 13.2 Å². The van der Waals surface area contributed by atoms with E-state index in [0.717, 1.165) is 6.26 Å². The third-order valence-electron chi connectivity index (χ3n) is 0.949. The summed E-state index contributed by atoms with van der Waals surface area (Å²) >= 11 is 0. The van der Waals surface area contributed by atoms with E-state index in [1.165, 1.54) is 18.4 Å². The van der Waals surface area contributed by atoms with Crippen molar-refractivity contribution in [3.05, 3.63) is 24.2 Å². The second-order valence-electron chi connectivity index (χ2n) is 2.05. The van der Waals surface area contributed by atoms with Crippen LogP contribution in [-0.2, 0) is 14.3 Å². The predicted molar refractivity (Wildman–Crippen MR) is 40.1 cm³/mol. The molecule has 1 rings (SSSR count). The molecule has 0 N–H and O–H groups in total. The van der Waals surface area contributed by atoms with Gasteiger partial charge >= 0.3 is 45.6 Å². The monoisotopic (exact) mass is 214 g/mol. The molecule has 0 unspecified atom stereocenters. The number of rotatable bonds is 2. The number of hydrogen-bond acceptors (Lipinski definition) is 5. The fourth-order valence-corrected chi connectivity index (χ4v) is 0.930. The van der Waals surface area contributed by atoms with Crippen LogP contribution in [0.3, 0.4) is 0 Å². The van der Waals surface area contributed by atoms with Crippen LogP contribution in [0.4, 0.5) is 0 Å². The Hall–Kier alpha value is -0.300. The Labute approximate surface area is 99.0 Å². The fourth-order valence-electron chi connectivity index (χ4n) is 0.573. The van der Waals surface area contributed by atoms with Crippen LogP contribution in [0, 0.1) is 0 Å². The van der Waals surface area contributed by atoms with Crippen LogP contribution in [0.25, 0.3) is 0 Å². The van der Waals surface area contributed by atoms with Gasteiger partial charge in [0.2, 0.25) is 5.76 Å². The Bertz CT molecular complexity index is 371. The van der Waals surface area contributed by atoms with Crippen molar-refractivity contribution >= 4 is 16.1 Å². The molecule has 1 aromatic rings. The first-order chi connectivity index (χ1) is 5.49. The maximum atomic E-state index is 10.8. The first-order valence-corrected chi connectivity index (χ1v) is 4.78. The average Bonchev–Trinajstić information content (AvgIpc) is 2.32. The van der Waals surface area contributed by atoms with Crippen LogP contribution in [0.5, 0.6) is 0 Å². The van der Waals surface area contributed by atoms with Gasteiger partial charge in [0.15, 0.2) is 0 Å². The molecule has 0 saturated heterocycles. The standard InChI is InChI=1S/C6H6O5S.Na.H/c1-12(8,9)11-6(7)5-3-2-4-10-5;;/h2-4H,1H3;;/q;+1;-1. The van der Waals surface area contributed by atoms with E-state index in [-0.39, 0.29) is 36.7 Å². The van der Waals surface area contributed by atoms with E-state index in [1.54, 1.807) is 0 Å². The Morgan fingerprint density at radius 1 is 1.62 bits per heavy atom. The second kappa shape index (κ2) is 4.80. The van der Waals surface area contributed by atoms with E-state index in [4.69, 9.17) is 0 Å². The molecule has 7 heteroatoms. The van der Waals surface area contributed by atoms with Crippen molar-refractivity contribution in [2.75, 3.05) is 6.26 Å². The predicted octanol–water partition coefficient (Wildman–Crippen LogP) is -2.49. The van der Waals surface area contributed by atoms with E-state index in [1.807, 2.05) is 0 Å². The van der Waals surface area contributed by atoms with Crippen molar-refractivity contribution in [1.82, 2.24) is 0 Å². The van der Waals surface area contributed by atoms with Crippen molar-refractivity contribution in [2.24, 2.45) is 0 Å². The fraction of sp³-hybridized carbons (Fsp3) is 0.167. The summed E-state index contributed by atoms with van der Waals surface area (Å²) in [6.07, 6.45) is 2.03. The summed E-state index contributed by atoms with van der Waals surface area (Å²) < 4.78 is 29.5. The summed E-state index contributed by atoms with van der Waals surface area (Å²) in [6, 6.07) is 2.77. The third-order valence-corrected chi connectivity index (χ3v) is 1.40. The second-order valence-corrected chi connectivity index (χ2v) is 3.63. The van der Waals surface area contributed by atoms with Crippen LogP contribution in [0.2, 0.25) is 0 Å². The van der Waals surface area contributed by atoms with Gasteiger partial charge in [-0.3, -0.25) is 0 Å².